The predicted octanol–water partition coefficient (Wildman–Crippen LogP) is 4.44. The van der Waals surface area contributed by atoms with E-state index < -0.39 is 0 Å². The summed E-state index contributed by atoms with van der Waals surface area (Å²) in [7, 11) is 0. The summed E-state index contributed by atoms with van der Waals surface area (Å²) in [5.74, 6) is 0.958. The molecule has 0 spiro atoms. The Morgan fingerprint density at radius 3 is 2.50 bits per heavy atom. The third-order valence-electron chi connectivity index (χ3n) is 6.30. The van der Waals surface area contributed by atoms with Crippen molar-refractivity contribution in [2.75, 3.05) is 23.3 Å². The molecule has 1 amide bonds. The largest absolute Gasteiger partial charge is 0.373 e. The molecule has 6 nitrogen and oxygen atoms in total. The van der Waals surface area contributed by atoms with Crippen LogP contribution < -0.4 is 15.5 Å². The molecule has 0 bridgehead atoms. The van der Waals surface area contributed by atoms with E-state index in [4.69, 9.17) is 0 Å². The van der Waals surface area contributed by atoms with E-state index in [0.717, 1.165) is 53.9 Å². The van der Waals surface area contributed by atoms with Crippen molar-refractivity contribution in [3.63, 3.8) is 0 Å². The molecule has 0 radical (unpaired) electrons. The van der Waals surface area contributed by atoms with Crippen molar-refractivity contribution in [3.8, 4) is 0 Å². The maximum Gasteiger partial charge on any atom is 0.243 e. The van der Waals surface area contributed by atoms with Crippen LogP contribution in [0.5, 0.6) is 0 Å². The zero-order valence-corrected chi connectivity index (χ0v) is 19.1. The second-order valence-corrected chi connectivity index (χ2v) is 8.76. The highest BCUT2D eigenvalue weighted by Gasteiger charge is 2.27. The maximum atomic E-state index is 13.5. The molecule has 172 valence electrons. The normalized spacial score (nSPS) is 16.7. The quantitative estimate of drug-likeness (QED) is 0.435. The van der Waals surface area contributed by atoms with Crippen LogP contribution in [0.1, 0.15) is 18.4 Å². The van der Waals surface area contributed by atoms with Crippen molar-refractivity contribution < 1.29 is 4.79 Å². The molecule has 3 aromatic carbocycles. The first kappa shape index (κ1) is 21.9. The zero-order chi connectivity index (χ0) is 23.2. The number of piperidine rings is 1. The fourth-order valence-corrected chi connectivity index (χ4v) is 4.63. The molecule has 0 saturated carbocycles. The van der Waals surface area contributed by atoms with Crippen LogP contribution in [0.4, 0.5) is 11.5 Å². The van der Waals surface area contributed by atoms with Gasteiger partial charge in [-0.2, -0.15) is 0 Å². The topological polar surface area (TPSA) is 70.2 Å². The number of benzene rings is 3. The number of hydrogen-bond donors (Lipinski definition) is 2. The van der Waals surface area contributed by atoms with Crippen molar-refractivity contribution in [1.82, 2.24) is 15.3 Å². The molecule has 1 aliphatic rings. The van der Waals surface area contributed by atoms with Crippen LogP contribution in [0.3, 0.4) is 0 Å². The first-order valence-corrected chi connectivity index (χ1v) is 11.9. The molecule has 5 rings (SSSR count). The first-order chi connectivity index (χ1) is 16.8. The molecule has 4 aromatic rings. The highest BCUT2D eigenvalue weighted by Crippen LogP contribution is 2.25. The van der Waals surface area contributed by atoms with E-state index in [9.17, 15) is 4.79 Å². The average Bonchev–Trinajstić information content (AvgIpc) is 2.89. The molecule has 1 fully saturated rings. The Labute approximate surface area is 200 Å². The molecule has 0 aliphatic carbocycles. The van der Waals surface area contributed by atoms with Gasteiger partial charge in [-0.15, -0.1) is 0 Å². The molecule has 2 heterocycles. The number of rotatable bonds is 7. The Balaban J connectivity index is 1.31. The van der Waals surface area contributed by atoms with Gasteiger partial charge in [-0.25, -0.2) is 9.97 Å². The Morgan fingerprint density at radius 1 is 0.941 bits per heavy atom. The van der Waals surface area contributed by atoms with E-state index >= 15 is 0 Å². The van der Waals surface area contributed by atoms with E-state index in [0.29, 0.717) is 6.42 Å². The van der Waals surface area contributed by atoms with Gasteiger partial charge in [-0.1, -0.05) is 60.7 Å². The van der Waals surface area contributed by atoms with E-state index in [1.807, 2.05) is 66.7 Å². The summed E-state index contributed by atoms with van der Waals surface area (Å²) in [6.07, 6.45) is 4.20. The lowest BCUT2D eigenvalue weighted by molar-refractivity contribution is -0.122. The minimum atomic E-state index is -0.361. The summed E-state index contributed by atoms with van der Waals surface area (Å²) >= 11 is 0. The summed E-state index contributed by atoms with van der Waals surface area (Å²) in [6, 6.07) is 27.8. The van der Waals surface area contributed by atoms with Gasteiger partial charge in [0, 0.05) is 36.6 Å². The Kier molecular flexibility index (Phi) is 6.66. The van der Waals surface area contributed by atoms with Crippen LogP contribution in [0, 0.1) is 0 Å². The fraction of sp³-hybridized carbons (Fsp3) is 0.250. The van der Waals surface area contributed by atoms with Gasteiger partial charge in [0.05, 0.1) is 5.52 Å². The van der Waals surface area contributed by atoms with Gasteiger partial charge in [-0.05, 0) is 42.7 Å². The van der Waals surface area contributed by atoms with Crippen molar-refractivity contribution in [2.24, 2.45) is 0 Å². The van der Waals surface area contributed by atoms with Gasteiger partial charge >= 0.3 is 0 Å². The lowest BCUT2D eigenvalue weighted by Gasteiger charge is -2.35. The third-order valence-corrected chi connectivity index (χ3v) is 6.30. The highest BCUT2D eigenvalue weighted by atomic mass is 16.2. The molecular formula is C28H29N5O. The molecule has 2 N–H and O–H groups in total. The van der Waals surface area contributed by atoms with Crippen molar-refractivity contribution in [1.29, 1.82) is 0 Å². The van der Waals surface area contributed by atoms with Crippen LogP contribution in [-0.4, -0.2) is 41.0 Å². The lowest BCUT2D eigenvalue weighted by atomic mass is 10.0. The predicted molar refractivity (Wildman–Crippen MR) is 137 cm³/mol. The number of fused-ring (bicyclic) bond motifs is 1. The molecule has 1 saturated heterocycles. The Hall–Kier alpha value is -3.93. The Morgan fingerprint density at radius 2 is 1.68 bits per heavy atom. The fourth-order valence-electron chi connectivity index (χ4n) is 4.63. The minimum Gasteiger partial charge on any atom is -0.373 e. The number of carbonyl (C=O) groups excluding carboxylic acids is 1. The standard InChI is InChI=1S/C28H29N5O/c34-28(26(18-21-10-3-1-4-11-21)31-22-12-5-2-6-13-22)32-23-14-9-17-33(19-23)27-24-15-7-8-16-25(24)29-20-30-27/h1-8,10-13,15-16,20,23,26,31H,9,14,17-19H2,(H,32,34). The summed E-state index contributed by atoms with van der Waals surface area (Å²) in [5, 5.41) is 7.80. The number of nitrogens with one attached hydrogen (secondary N) is 2. The van der Waals surface area contributed by atoms with Crippen LogP contribution in [0.25, 0.3) is 10.9 Å². The second-order valence-electron chi connectivity index (χ2n) is 8.76. The molecule has 1 aromatic heterocycles. The van der Waals surface area contributed by atoms with E-state index in [1.54, 1.807) is 6.33 Å². The molecule has 6 heteroatoms. The van der Waals surface area contributed by atoms with Gasteiger partial charge in [0.25, 0.3) is 0 Å². The zero-order valence-electron chi connectivity index (χ0n) is 19.1. The molecule has 2 unspecified atom stereocenters. The smallest absolute Gasteiger partial charge is 0.243 e. The van der Waals surface area contributed by atoms with Gasteiger partial charge in [-0.3, -0.25) is 4.79 Å². The lowest BCUT2D eigenvalue weighted by Crippen LogP contribution is -2.52. The second kappa shape index (κ2) is 10.3. The molecule has 1 aliphatic heterocycles. The van der Waals surface area contributed by atoms with Crippen LogP contribution in [-0.2, 0) is 11.2 Å². The number of carbonyl (C=O) groups is 1. The summed E-state index contributed by atoms with van der Waals surface area (Å²) in [4.78, 5) is 24.7. The van der Waals surface area contributed by atoms with E-state index in [2.05, 4.69) is 43.7 Å². The number of amides is 1. The average molecular weight is 452 g/mol. The number of hydrogen-bond acceptors (Lipinski definition) is 5. The van der Waals surface area contributed by atoms with Crippen LogP contribution >= 0.6 is 0 Å². The van der Waals surface area contributed by atoms with Gasteiger partial charge in [0.15, 0.2) is 0 Å². The van der Waals surface area contributed by atoms with Gasteiger partial charge in [0.2, 0.25) is 5.91 Å². The highest BCUT2D eigenvalue weighted by molar-refractivity contribution is 5.89. The summed E-state index contributed by atoms with van der Waals surface area (Å²) in [6.45, 7) is 1.65. The van der Waals surface area contributed by atoms with Crippen molar-refractivity contribution in [3.05, 3.63) is 96.8 Å². The monoisotopic (exact) mass is 451 g/mol. The minimum absolute atomic E-state index is 0.0205. The van der Waals surface area contributed by atoms with Crippen molar-refractivity contribution in [2.45, 2.75) is 31.3 Å². The van der Waals surface area contributed by atoms with E-state index in [1.165, 1.54) is 0 Å². The van der Waals surface area contributed by atoms with E-state index in [-0.39, 0.29) is 18.0 Å². The summed E-state index contributed by atoms with van der Waals surface area (Å²) in [5.41, 5.74) is 3.01. The SMILES string of the molecule is O=C(NC1CCCN(c2ncnc3ccccc23)C1)C(Cc1ccccc1)Nc1ccccc1. The van der Waals surface area contributed by atoms with Crippen molar-refractivity contribution >= 4 is 28.3 Å². The summed E-state index contributed by atoms with van der Waals surface area (Å²) < 4.78 is 0. The maximum absolute atomic E-state index is 13.5. The van der Waals surface area contributed by atoms with Gasteiger partial charge in [0.1, 0.15) is 18.2 Å². The third kappa shape index (κ3) is 5.17. The van der Waals surface area contributed by atoms with Crippen LogP contribution in [0.2, 0.25) is 0 Å². The molecule has 34 heavy (non-hydrogen) atoms. The Bertz CT molecular complexity index is 1180. The number of nitrogens with zero attached hydrogens (tertiary/aromatic N) is 3. The number of para-hydroxylation sites is 2. The van der Waals surface area contributed by atoms with Crippen LogP contribution in [0.15, 0.2) is 91.3 Å². The number of anilines is 2. The molecule has 2 atom stereocenters. The molecular weight excluding hydrogens is 422 g/mol. The number of aromatic nitrogens is 2. The first-order valence-electron chi connectivity index (χ1n) is 11.9. The van der Waals surface area contributed by atoms with Gasteiger partial charge < -0.3 is 15.5 Å².